The largest absolute Gasteiger partial charge is 0.369 e. The molecule has 5 heteroatoms. The van der Waals surface area contributed by atoms with Crippen molar-refractivity contribution in [1.82, 2.24) is 14.4 Å². The molecule has 1 aliphatic rings. The first-order valence-corrected chi connectivity index (χ1v) is 7.67. The summed E-state index contributed by atoms with van der Waals surface area (Å²) in [6, 6.07) is 0.591. The predicted octanol–water partition coefficient (Wildman–Crippen LogP) is 2.93. The van der Waals surface area contributed by atoms with E-state index in [0.29, 0.717) is 6.04 Å². The number of fused-ring (bicyclic) bond motifs is 1. The Kier molecular flexibility index (Phi) is 3.76. The molecule has 108 valence electrons. The fourth-order valence-corrected chi connectivity index (χ4v) is 3.08. The maximum Gasteiger partial charge on any atom is 0.180 e. The van der Waals surface area contributed by atoms with Crippen molar-refractivity contribution in [3.63, 3.8) is 0 Å². The zero-order valence-electron chi connectivity index (χ0n) is 12.3. The Labute approximate surface area is 120 Å². The van der Waals surface area contributed by atoms with E-state index in [9.17, 15) is 0 Å². The number of hydrogen-bond acceptors (Lipinski definition) is 4. The summed E-state index contributed by atoms with van der Waals surface area (Å²) in [5, 5.41) is 3.32. The van der Waals surface area contributed by atoms with Gasteiger partial charge in [-0.1, -0.05) is 6.92 Å². The number of imidazole rings is 1. The van der Waals surface area contributed by atoms with Gasteiger partial charge in [-0.05, 0) is 32.6 Å². The third kappa shape index (κ3) is 2.32. The van der Waals surface area contributed by atoms with Gasteiger partial charge in [0.05, 0.1) is 6.20 Å². The molecule has 1 aliphatic heterocycles. The minimum Gasteiger partial charge on any atom is -0.369 e. The predicted molar refractivity (Wildman–Crippen MR) is 82.4 cm³/mol. The average Bonchev–Trinajstić information content (AvgIpc) is 2.95. The zero-order valence-corrected chi connectivity index (χ0v) is 12.3. The molecule has 0 amide bonds. The number of nitrogens with one attached hydrogen (secondary N) is 1. The highest BCUT2D eigenvalue weighted by Gasteiger charge is 2.24. The van der Waals surface area contributed by atoms with E-state index < -0.39 is 0 Å². The summed E-state index contributed by atoms with van der Waals surface area (Å²) >= 11 is 0. The molecular formula is C15H23N5. The number of piperidine rings is 1. The number of hydrogen-bond donors (Lipinski definition) is 1. The molecule has 3 rings (SSSR count). The average molecular weight is 273 g/mol. The minimum absolute atomic E-state index is 0.591. The van der Waals surface area contributed by atoms with Gasteiger partial charge in [0.1, 0.15) is 5.82 Å². The maximum absolute atomic E-state index is 4.82. The quantitative estimate of drug-likeness (QED) is 0.930. The standard InChI is InChI=1S/C15H23N5/c1-3-12-7-5-6-9-20(12)15-14-17-8-10-19(14)11-13(18-15)16-4-2/h8,10-12,16H,3-7,9H2,1-2H3. The molecular weight excluding hydrogens is 250 g/mol. The second-order valence-corrected chi connectivity index (χ2v) is 5.39. The first kappa shape index (κ1) is 13.2. The van der Waals surface area contributed by atoms with Crippen LogP contribution in [0.5, 0.6) is 0 Å². The van der Waals surface area contributed by atoms with Gasteiger partial charge in [0.25, 0.3) is 0 Å². The molecule has 5 nitrogen and oxygen atoms in total. The van der Waals surface area contributed by atoms with Crippen LogP contribution in [-0.4, -0.2) is 33.5 Å². The highest BCUT2D eigenvalue weighted by atomic mass is 15.3. The van der Waals surface area contributed by atoms with E-state index in [2.05, 4.69) is 33.4 Å². The third-order valence-electron chi connectivity index (χ3n) is 4.08. The Morgan fingerprint density at radius 3 is 3.05 bits per heavy atom. The molecule has 0 bridgehead atoms. The van der Waals surface area contributed by atoms with Crippen LogP contribution in [0, 0.1) is 0 Å². The Bertz CT molecular complexity index is 577. The smallest absolute Gasteiger partial charge is 0.180 e. The topological polar surface area (TPSA) is 45.5 Å². The summed E-state index contributed by atoms with van der Waals surface area (Å²) in [7, 11) is 0. The Morgan fingerprint density at radius 1 is 1.35 bits per heavy atom. The van der Waals surface area contributed by atoms with Crippen LogP contribution >= 0.6 is 0 Å². The molecule has 2 aromatic heterocycles. The van der Waals surface area contributed by atoms with Crippen LogP contribution in [0.3, 0.4) is 0 Å². The summed E-state index contributed by atoms with van der Waals surface area (Å²) in [6.45, 7) is 6.32. The van der Waals surface area contributed by atoms with Gasteiger partial charge in [-0.3, -0.25) is 0 Å². The second kappa shape index (κ2) is 5.69. The molecule has 1 saturated heterocycles. The first-order valence-electron chi connectivity index (χ1n) is 7.67. The minimum atomic E-state index is 0.591. The number of aromatic nitrogens is 3. The van der Waals surface area contributed by atoms with Crippen LogP contribution in [0.1, 0.15) is 39.5 Å². The zero-order chi connectivity index (χ0) is 13.9. The summed E-state index contributed by atoms with van der Waals surface area (Å²) < 4.78 is 2.07. The molecule has 0 aliphatic carbocycles. The molecule has 0 aromatic carbocycles. The lowest BCUT2D eigenvalue weighted by atomic mass is 10.0. The van der Waals surface area contributed by atoms with E-state index in [1.165, 1.54) is 25.7 Å². The molecule has 1 atom stereocenters. The Balaban J connectivity index is 2.05. The van der Waals surface area contributed by atoms with Crippen LogP contribution in [0.4, 0.5) is 11.6 Å². The van der Waals surface area contributed by atoms with Gasteiger partial charge in [-0.25, -0.2) is 9.97 Å². The van der Waals surface area contributed by atoms with E-state index in [4.69, 9.17) is 4.98 Å². The maximum atomic E-state index is 4.82. The monoisotopic (exact) mass is 273 g/mol. The van der Waals surface area contributed by atoms with Crippen LogP contribution in [0.15, 0.2) is 18.6 Å². The fraction of sp³-hybridized carbons (Fsp3) is 0.600. The Hall–Kier alpha value is -1.78. The first-order chi connectivity index (χ1) is 9.83. The van der Waals surface area contributed by atoms with Gasteiger partial charge < -0.3 is 14.6 Å². The number of anilines is 2. The summed E-state index contributed by atoms with van der Waals surface area (Å²) in [4.78, 5) is 11.8. The number of rotatable bonds is 4. The Morgan fingerprint density at radius 2 is 2.25 bits per heavy atom. The van der Waals surface area contributed by atoms with Gasteiger partial charge in [0.2, 0.25) is 0 Å². The molecule has 1 fully saturated rings. The lowest BCUT2D eigenvalue weighted by Crippen LogP contribution is -2.40. The van der Waals surface area contributed by atoms with Crippen molar-refractivity contribution in [3.05, 3.63) is 18.6 Å². The molecule has 1 unspecified atom stereocenters. The molecule has 0 spiro atoms. The van der Waals surface area contributed by atoms with Gasteiger partial charge in [-0.15, -0.1) is 0 Å². The van der Waals surface area contributed by atoms with E-state index in [1.54, 1.807) is 0 Å². The van der Waals surface area contributed by atoms with Crippen molar-refractivity contribution >= 4 is 17.3 Å². The number of nitrogens with zero attached hydrogens (tertiary/aromatic N) is 4. The SMILES string of the molecule is CCNc1cn2ccnc2c(N2CCCCC2CC)n1. The van der Waals surface area contributed by atoms with Crippen molar-refractivity contribution in [3.8, 4) is 0 Å². The highest BCUT2D eigenvalue weighted by molar-refractivity contribution is 5.67. The highest BCUT2D eigenvalue weighted by Crippen LogP contribution is 2.28. The molecule has 0 radical (unpaired) electrons. The fourth-order valence-electron chi connectivity index (χ4n) is 3.08. The summed E-state index contributed by atoms with van der Waals surface area (Å²) in [5.41, 5.74) is 0.965. The van der Waals surface area contributed by atoms with Crippen LogP contribution in [-0.2, 0) is 0 Å². The van der Waals surface area contributed by atoms with Crippen molar-refractivity contribution in [2.75, 3.05) is 23.3 Å². The van der Waals surface area contributed by atoms with Gasteiger partial charge in [0.15, 0.2) is 11.5 Å². The molecule has 2 aromatic rings. The summed E-state index contributed by atoms with van der Waals surface area (Å²) in [6.07, 6.45) is 10.9. The van der Waals surface area contributed by atoms with Crippen molar-refractivity contribution in [1.29, 1.82) is 0 Å². The van der Waals surface area contributed by atoms with Gasteiger partial charge >= 0.3 is 0 Å². The van der Waals surface area contributed by atoms with Crippen molar-refractivity contribution in [2.24, 2.45) is 0 Å². The van der Waals surface area contributed by atoms with E-state index >= 15 is 0 Å². The van der Waals surface area contributed by atoms with Crippen molar-refractivity contribution in [2.45, 2.75) is 45.6 Å². The van der Waals surface area contributed by atoms with Gasteiger partial charge in [0, 0.05) is 31.5 Å². The summed E-state index contributed by atoms with van der Waals surface area (Å²) in [5.74, 6) is 1.95. The lowest BCUT2D eigenvalue weighted by Gasteiger charge is -2.36. The van der Waals surface area contributed by atoms with E-state index in [0.717, 1.165) is 30.4 Å². The molecule has 20 heavy (non-hydrogen) atoms. The van der Waals surface area contributed by atoms with E-state index in [-0.39, 0.29) is 0 Å². The van der Waals surface area contributed by atoms with E-state index in [1.807, 2.05) is 18.6 Å². The van der Waals surface area contributed by atoms with Gasteiger partial charge in [-0.2, -0.15) is 0 Å². The third-order valence-corrected chi connectivity index (χ3v) is 4.08. The van der Waals surface area contributed by atoms with Crippen LogP contribution < -0.4 is 10.2 Å². The molecule has 3 heterocycles. The normalized spacial score (nSPS) is 19.5. The lowest BCUT2D eigenvalue weighted by molar-refractivity contribution is 0.447. The second-order valence-electron chi connectivity index (χ2n) is 5.39. The molecule has 0 saturated carbocycles. The van der Waals surface area contributed by atoms with Crippen LogP contribution in [0.2, 0.25) is 0 Å². The van der Waals surface area contributed by atoms with Crippen molar-refractivity contribution < 1.29 is 0 Å². The van der Waals surface area contributed by atoms with Crippen LogP contribution in [0.25, 0.3) is 5.65 Å². The molecule has 1 N–H and O–H groups in total.